The van der Waals surface area contributed by atoms with Gasteiger partial charge in [0.2, 0.25) is 0 Å². The number of amides is 1. The molecule has 0 atom stereocenters. The van der Waals surface area contributed by atoms with Crippen LogP contribution in [0.15, 0.2) is 29.6 Å². The van der Waals surface area contributed by atoms with Gasteiger partial charge in [0.25, 0.3) is 5.91 Å². The average Bonchev–Trinajstić information content (AvgIpc) is 3.04. The van der Waals surface area contributed by atoms with Gasteiger partial charge in [-0.2, -0.15) is 0 Å². The number of thiazole rings is 1. The van der Waals surface area contributed by atoms with Gasteiger partial charge in [0.1, 0.15) is 5.01 Å². The van der Waals surface area contributed by atoms with Crippen molar-refractivity contribution < 1.29 is 4.79 Å². The molecule has 1 aromatic carbocycles. The minimum Gasteiger partial charge on any atom is -0.336 e. The topological polar surface area (TPSA) is 36.4 Å². The maximum atomic E-state index is 12.6. The molecule has 0 bridgehead atoms. The predicted molar refractivity (Wildman–Crippen MR) is 103 cm³/mol. The molecule has 0 aliphatic carbocycles. The SMILES string of the molecule is Cc1ccc(C(=O)N2CCN(Cc3nc(C(C)(C)C)cs3)CC2)cc1. The maximum absolute atomic E-state index is 12.6. The number of benzene rings is 1. The van der Waals surface area contributed by atoms with E-state index in [0.29, 0.717) is 0 Å². The van der Waals surface area contributed by atoms with Crippen molar-refractivity contribution in [3.05, 3.63) is 51.5 Å². The van der Waals surface area contributed by atoms with Gasteiger partial charge in [0.05, 0.1) is 12.2 Å². The standard InChI is InChI=1S/C20H27N3OS/c1-15-5-7-16(8-6-15)19(24)23-11-9-22(10-12-23)13-18-21-17(14-25-18)20(2,3)4/h5-8,14H,9-13H2,1-4H3. The lowest BCUT2D eigenvalue weighted by molar-refractivity contribution is 0.0628. The highest BCUT2D eigenvalue weighted by molar-refractivity contribution is 7.09. The van der Waals surface area contributed by atoms with E-state index in [2.05, 4.69) is 31.1 Å². The number of aryl methyl sites for hydroxylation is 1. The van der Waals surface area contributed by atoms with Crippen LogP contribution in [-0.4, -0.2) is 46.9 Å². The summed E-state index contributed by atoms with van der Waals surface area (Å²) < 4.78 is 0. The fraction of sp³-hybridized carbons (Fsp3) is 0.500. The molecule has 1 fully saturated rings. The summed E-state index contributed by atoms with van der Waals surface area (Å²) in [5, 5.41) is 3.34. The number of carbonyl (C=O) groups is 1. The van der Waals surface area contributed by atoms with Gasteiger partial charge in [-0.15, -0.1) is 11.3 Å². The predicted octanol–water partition coefficient (Wildman–Crippen LogP) is 3.71. The molecule has 1 amide bonds. The monoisotopic (exact) mass is 357 g/mol. The molecule has 25 heavy (non-hydrogen) atoms. The zero-order chi connectivity index (χ0) is 18.0. The van der Waals surface area contributed by atoms with Crippen molar-refractivity contribution in [3.63, 3.8) is 0 Å². The molecule has 2 heterocycles. The van der Waals surface area contributed by atoms with Crippen molar-refractivity contribution in [2.45, 2.75) is 39.7 Å². The molecule has 5 heteroatoms. The Morgan fingerprint density at radius 1 is 1.12 bits per heavy atom. The lowest BCUT2D eigenvalue weighted by atomic mass is 9.93. The zero-order valence-electron chi connectivity index (χ0n) is 15.6. The van der Waals surface area contributed by atoms with Crippen LogP contribution in [0.1, 0.15) is 47.4 Å². The first-order valence-electron chi connectivity index (χ1n) is 8.86. The molecule has 0 N–H and O–H groups in total. The van der Waals surface area contributed by atoms with E-state index in [1.54, 1.807) is 11.3 Å². The number of carbonyl (C=O) groups excluding carboxylic acids is 1. The first-order valence-corrected chi connectivity index (χ1v) is 9.74. The Balaban J connectivity index is 1.54. The van der Waals surface area contributed by atoms with Crippen LogP contribution in [-0.2, 0) is 12.0 Å². The lowest BCUT2D eigenvalue weighted by Gasteiger charge is -2.34. The first-order chi connectivity index (χ1) is 11.8. The van der Waals surface area contributed by atoms with Crippen molar-refractivity contribution in [1.82, 2.24) is 14.8 Å². The summed E-state index contributed by atoms with van der Waals surface area (Å²) in [6.45, 7) is 12.9. The highest BCUT2D eigenvalue weighted by Crippen LogP contribution is 2.24. The van der Waals surface area contributed by atoms with Gasteiger partial charge in [0.15, 0.2) is 0 Å². The van der Waals surface area contributed by atoms with Crippen molar-refractivity contribution in [2.75, 3.05) is 26.2 Å². The number of nitrogens with zero attached hydrogens (tertiary/aromatic N) is 3. The van der Waals surface area contributed by atoms with Gasteiger partial charge in [-0.1, -0.05) is 38.5 Å². The summed E-state index contributed by atoms with van der Waals surface area (Å²) in [5.74, 6) is 0.143. The third kappa shape index (κ3) is 4.47. The molecule has 0 radical (unpaired) electrons. The van der Waals surface area contributed by atoms with E-state index < -0.39 is 0 Å². The van der Waals surface area contributed by atoms with Gasteiger partial charge in [-0.25, -0.2) is 4.98 Å². The largest absolute Gasteiger partial charge is 0.336 e. The molecule has 1 aliphatic heterocycles. The van der Waals surface area contributed by atoms with Gasteiger partial charge < -0.3 is 4.90 Å². The Labute approximate surface area is 154 Å². The van der Waals surface area contributed by atoms with Crippen LogP contribution in [0.3, 0.4) is 0 Å². The number of rotatable bonds is 3. The minimum atomic E-state index is 0.105. The van der Waals surface area contributed by atoms with Crippen LogP contribution in [0.5, 0.6) is 0 Å². The number of hydrogen-bond donors (Lipinski definition) is 0. The second-order valence-electron chi connectivity index (χ2n) is 7.81. The number of aromatic nitrogens is 1. The summed E-state index contributed by atoms with van der Waals surface area (Å²) in [6, 6.07) is 7.85. The summed E-state index contributed by atoms with van der Waals surface area (Å²) in [6.07, 6.45) is 0. The van der Waals surface area contributed by atoms with E-state index in [-0.39, 0.29) is 11.3 Å². The highest BCUT2D eigenvalue weighted by atomic mass is 32.1. The van der Waals surface area contributed by atoms with Crippen LogP contribution in [0.25, 0.3) is 0 Å². The fourth-order valence-corrected chi connectivity index (χ4v) is 3.97. The molecule has 3 rings (SSSR count). The van der Waals surface area contributed by atoms with Crippen LogP contribution in [0, 0.1) is 6.92 Å². The first kappa shape index (κ1) is 18.1. The normalized spacial score (nSPS) is 16.2. The summed E-state index contributed by atoms with van der Waals surface area (Å²) >= 11 is 1.74. The van der Waals surface area contributed by atoms with Crippen molar-refractivity contribution >= 4 is 17.2 Å². The van der Waals surface area contributed by atoms with Gasteiger partial charge in [-0.3, -0.25) is 9.69 Å². The molecule has 1 aliphatic rings. The van der Waals surface area contributed by atoms with Crippen molar-refractivity contribution in [1.29, 1.82) is 0 Å². The average molecular weight is 358 g/mol. The van der Waals surface area contributed by atoms with E-state index in [4.69, 9.17) is 4.98 Å². The number of piperazine rings is 1. The van der Waals surface area contributed by atoms with E-state index in [0.717, 1.165) is 38.3 Å². The molecule has 0 spiro atoms. The Morgan fingerprint density at radius 2 is 1.76 bits per heavy atom. The molecule has 0 unspecified atom stereocenters. The van der Waals surface area contributed by atoms with E-state index in [9.17, 15) is 4.79 Å². The third-order valence-electron chi connectivity index (χ3n) is 4.64. The molecule has 0 saturated carbocycles. The molecule has 1 aromatic heterocycles. The molecule has 4 nitrogen and oxygen atoms in total. The fourth-order valence-electron chi connectivity index (χ4n) is 2.91. The molecule has 2 aromatic rings. The summed E-state index contributed by atoms with van der Waals surface area (Å²) in [4.78, 5) is 21.7. The molecular formula is C20H27N3OS. The van der Waals surface area contributed by atoms with E-state index in [1.165, 1.54) is 16.3 Å². The summed E-state index contributed by atoms with van der Waals surface area (Å²) in [7, 11) is 0. The lowest BCUT2D eigenvalue weighted by Crippen LogP contribution is -2.48. The second kappa shape index (κ2) is 7.26. The van der Waals surface area contributed by atoms with E-state index >= 15 is 0 Å². The van der Waals surface area contributed by atoms with Crippen molar-refractivity contribution in [3.8, 4) is 0 Å². The van der Waals surface area contributed by atoms with Gasteiger partial charge in [0, 0.05) is 42.5 Å². The zero-order valence-corrected chi connectivity index (χ0v) is 16.4. The molecular weight excluding hydrogens is 330 g/mol. The quantitative estimate of drug-likeness (QED) is 0.840. The molecule has 134 valence electrons. The molecule has 1 saturated heterocycles. The Kier molecular flexibility index (Phi) is 5.25. The third-order valence-corrected chi connectivity index (χ3v) is 5.47. The highest BCUT2D eigenvalue weighted by Gasteiger charge is 2.23. The van der Waals surface area contributed by atoms with Gasteiger partial charge in [-0.05, 0) is 19.1 Å². The Hall–Kier alpha value is -1.72. The smallest absolute Gasteiger partial charge is 0.253 e. The van der Waals surface area contributed by atoms with Crippen LogP contribution >= 0.6 is 11.3 Å². The Morgan fingerprint density at radius 3 is 2.32 bits per heavy atom. The maximum Gasteiger partial charge on any atom is 0.253 e. The minimum absolute atomic E-state index is 0.105. The van der Waals surface area contributed by atoms with Crippen LogP contribution < -0.4 is 0 Å². The second-order valence-corrected chi connectivity index (χ2v) is 8.75. The Bertz CT molecular complexity index is 722. The van der Waals surface area contributed by atoms with Crippen LogP contribution in [0.2, 0.25) is 0 Å². The van der Waals surface area contributed by atoms with Crippen LogP contribution in [0.4, 0.5) is 0 Å². The number of hydrogen-bond acceptors (Lipinski definition) is 4. The van der Waals surface area contributed by atoms with E-state index in [1.807, 2.05) is 36.1 Å². The summed E-state index contributed by atoms with van der Waals surface area (Å²) in [5.41, 5.74) is 3.24. The van der Waals surface area contributed by atoms with Crippen molar-refractivity contribution in [2.24, 2.45) is 0 Å². The van der Waals surface area contributed by atoms with Gasteiger partial charge >= 0.3 is 0 Å².